The zero-order valence-electron chi connectivity index (χ0n) is 12.6. The molecule has 2 N–H and O–H groups in total. The van der Waals surface area contributed by atoms with E-state index in [1.807, 2.05) is 13.1 Å². The Bertz CT molecular complexity index is 794. The highest BCUT2D eigenvalue weighted by Gasteiger charge is 2.34. The third-order valence-corrected chi connectivity index (χ3v) is 4.39. The number of aliphatic imine (C=N–C) groups is 1. The minimum atomic E-state index is -0.123. The number of pyridine rings is 1. The Morgan fingerprint density at radius 3 is 2.91 bits per heavy atom. The van der Waals surface area contributed by atoms with Gasteiger partial charge in [0.25, 0.3) is 0 Å². The Balaban J connectivity index is 1.67. The molecule has 0 bridgehead atoms. The molecule has 1 aliphatic heterocycles. The fourth-order valence-electron chi connectivity index (χ4n) is 2.93. The molecule has 2 heterocycles. The van der Waals surface area contributed by atoms with Crippen LogP contribution in [0.4, 0.5) is 5.69 Å². The Morgan fingerprint density at radius 2 is 2.18 bits per heavy atom. The lowest BCUT2D eigenvalue weighted by Gasteiger charge is -2.12. The summed E-state index contributed by atoms with van der Waals surface area (Å²) in [4.78, 5) is 8.91. The fraction of sp³-hybridized carbons (Fsp3) is 0.333. The average Bonchev–Trinajstić information content (AvgIpc) is 3.00. The van der Waals surface area contributed by atoms with Gasteiger partial charge in [0.05, 0.1) is 18.2 Å². The van der Waals surface area contributed by atoms with Crippen LogP contribution in [0.15, 0.2) is 35.3 Å². The monoisotopic (exact) mass is 293 g/mol. The third-order valence-electron chi connectivity index (χ3n) is 4.39. The number of fused-ring (bicyclic) bond motifs is 1. The molecular weight excluding hydrogens is 274 g/mol. The Morgan fingerprint density at radius 1 is 1.32 bits per heavy atom. The van der Waals surface area contributed by atoms with E-state index < -0.39 is 0 Å². The summed E-state index contributed by atoms with van der Waals surface area (Å²) < 4.78 is 0. The highest BCUT2D eigenvalue weighted by molar-refractivity contribution is 5.96. The third kappa shape index (κ3) is 2.50. The van der Waals surface area contributed by atoms with Crippen LogP contribution in [0.3, 0.4) is 0 Å². The van der Waals surface area contributed by atoms with Crippen LogP contribution in [-0.2, 0) is 0 Å². The second-order valence-corrected chi connectivity index (χ2v) is 6.17. The van der Waals surface area contributed by atoms with E-state index in [4.69, 9.17) is 0 Å². The van der Waals surface area contributed by atoms with Gasteiger partial charge in [-0.15, -0.1) is 0 Å². The van der Waals surface area contributed by atoms with Crippen molar-refractivity contribution in [3.63, 3.8) is 0 Å². The van der Waals surface area contributed by atoms with Crippen LogP contribution in [0.1, 0.15) is 17.7 Å². The standard InChI is InChI=1S/C18H19N3O/c1-11-6-16(20-10-14-8-18(14)22)15-3-2-12(7-17(15)21-11)13-4-5-19-9-13/h2-7,14,18,22H,8-10H2,1H3,(H,20,21). The Kier molecular flexibility index (Phi) is 3.19. The molecule has 22 heavy (non-hydrogen) atoms. The lowest BCUT2D eigenvalue weighted by Crippen LogP contribution is -2.07. The van der Waals surface area contributed by atoms with Gasteiger partial charge in [-0.1, -0.05) is 12.1 Å². The molecule has 4 heteroatoms. The van der Waals surface area contributed by atoms with Crippen molar-refractivity contribution in [1.82, 2.24) is 4.98 Å². The fourth-order valence-corrected chi connectivity index (χ4v) is 2.93. The molecule has 1 saturated carbocycles. The number of hydrogen-bond donors (Lipinski definition) is 2. The molecule has 0 spiro atoms. The normalized spacial score (nSPS) is 22.9. The summed E-state index contributed by atoms with van der Waals surface area (Å²) in [6.07, 6.45) is 4.71. The first-order chi connectivity index (χ1) is 10.7. The maximum absolute atomic E-state index is 9.46. The number of anilines is 1. The topological polar surface area (TPSA) is 57.5 Å². The van der Waals surface area contributed by atoms with E-state index >= 15 is 0 Å². The zero-order valence-corrected chi connectivity index (χ0v) is 12.6. The number of allylic oxidation sites excluding steroid dienone is 1. The molecule has 4 rings (SSSR count). The van der Waals surface area contributed by atoms with Crippen molar-refractivity contribution < 1.29 is 5.11 Å². The predicted octanol–water partition coefficient (Wildman–Crippen LogP) is 2.80. The molecule has 0 radical (unpaired) electrons. The van der Waals surface area contributed by atoms with Crippen LogP contribution in [0, 0.1) is 12.8 Å². The van der Waals surface area contributed by atoms with E-state index in [0.29, 0.717) is 5.92 Å². The second kappa shape index (κ2) is 5.21. The van der Waals surface area contributed by atoms with Gasteiger partial charge < -0.3 is 10.4 Å². The molecule has 4 nitrogen and oxygen atoms in total. The number of nitrogens with one attached hydrogen (secondary N) is 1. The van der Waals surface area contributed by atoms with Gasteiger partial charge in [-0.2, -0.15) is 0 Å². The second-order valence-electron chi connectivity index (χ2n) is 6.17. The first kappa shape index (κ1) is 13.5. The summed E-state index contributed by atoms with van der Waals surface area (Å²) in [6, 6.07) is 8.48. The SMILES string of the molecule is Cc1cc(NCC2CC2O)c2ccc(C3=CC=NC3)cc2n1. The molecule has 0 saturated heterocycles. The average molecular weight is 293 g/mol. The van der Waals surface area contributed by atoms with Crippen LogP contribution < -0.4 is 5.32 Å². The number of nitrogens with zero attached hydrogens (tertiary/aromatic N) is 2. The molecule has 1 fully saturated rings. The smallest absolute Gasteiger partial charge is 0.0732 e. The summed E-state index contributed by atoms with van der Waals surface area (Å²) >= 11 is 0. The summed E-state index contributed by atoms with van der Waals surface area (Å²) in [6.45, 7) is 3.59. The Hall–Kier alpha value is -2.20. The van der Waals surface area contributed by atoms with Gasteiger partial charge in [0.2, 0.25) is 0 Å². The van der Waals surface area contributed by atoms with Gasteiger partial charge in [0, 0.05) is 35.4 Å². The highest BCUT2D eigenvalue weighted by Crippen LogP contribution is 2.32. The predicted molar refractivity (Wildman–Crippen MR) is 90.4 cm³/mol. The van der Waals surface area contributed by atoms with Crippen LogP contribution in [0.25, 0.3) is 16.5 Å². The minimum absolute atomic E-state index is 0.123. The molecular formula is C18H19N3O. The highest BCUT2D eigenvalue weighted by atomic mass is 16.3. The Labute approximate surface area is 129 Å². The number of hydrogen-bond acceptors (Lipinski definition) is 4. The summed E-state index contributed by atoms with van der Waals surface area (Å²) in [5.74, 6) is 0.392. The van der Waals surface area contributed by atoms with Gasteiger partial charge in [-0.05, 0) is 42.7 Å². The number of aromatic nitrogens is 1. The van der Waals surface area contributed by atoms with Crippen molar-refractivity contribution in [2.24, 2.45) is 10.9 Å². The van der Waals surface area contributed by atoms with Gasteiger partial charge in [0.1, 0.15) is 0 Å². The van der Waals surface area contributed by atoms with Crippen LogP contribution >= 0.6 is 0 Å². The zero-order chi connectivity index (χ0) is 15.1. The van der Waals surface area contributed by atoms with Gasteiger partial charge in [0.15, 0.2) is 0 Å². The molecule has 1 aromatic heterocycles. The van der Waals surface area contributed by atoms with E-state index in [1.165, 1.54) is 11.1 Å². The summed E-state index contributed by atoms with van der Waals surface area (Å²) in [5, 5.41) is 14.1. The minimum Gasteiger partial charge on any atom is -0.393 e. The number of benzene rings is 1. The first-order valence-electron chi connectivity index (χ1n) is 7.73. The van der Waals surface area contributed by atoms with Crippen LogP contribution in [0.5, 0.6) is 0 Å². The van der Waals surface area contributed by atoms with Crippen molar-refractivity contribution in [1.29, 1.82) is 0 Å². The maximum atomic E-state index is 9.46. The van der Waals surface area contributed by atoms with E-state index in [1.54, 1.807) is 0 Å². The number of aliphatic hydroxyl groups is 1. The van der Waals surface area contributed by atoms with E-state index in [9.17, 15) is 5.11 Å². The molecule has 2 atom stereocenters. The largest absolute Gasteiger partial charge is 0.393 e. The maximum Gasteiger partial charge on any atom is 0.0732 e. The summed E-state index contributed by atoms with van der Waals surface area (Å²) in [7, 11) is 0. The number of rotatable bonds is 4. The first-order valence-corrected chi connectivity index (χ1v) is 7.73. The molecule has 112 valence electrons. The molecule has 2 aliphatic rings. The molecule has 1 aromatic carbocycles. The van der Waals surface area contributed by atoms with E-state index in [-0.39, 0.29) is 6.10 Å². The van der Waals surface area contributed by atoms with Crippen molar-refractivity contribution in [2.45, 2.75) is 19.4 Å². The lowest BCUT2D eigenvalue weighted by atomic mass is 10.0. The number of aryl methyl sites for hydroxylation is 1. The van der Waals surface area contributed by atoms with Crippen molar-refractivity contribution >= 4 is 28.4 Å². The van der Waals surface area contributed by atoms with E-state index in [2.05, 4.69) is 45.6 Å². The van der Waals surface area contributed by atoms with Gasteiger partial charge in [-0.3, -0.25) is 9.98 Å². The van der Waals surface area contributed by atoms with Crippen molar-refractivity contribution in [3.05, 3.63) is 41.6 Å². The molecule has 2 aromatic rings. The summed E-state index contributed by atoms with van der Waals surface area (Å²) in [5.41, 5.74) is 5.53. The molecule has 0 amide bonds. The van der Waals surface area contributed by atoms with Crippen molar-refractivity contribution in [3.8, 4) is 0 Å². The quantitative estimate of drug-likeness (QED) is 0.911. The van der Waals surface area contributed by atoms with Crippen LogP contribution in [0.2, 0.25) is 0 Å². The molecule has 1 aliphatic carbocycles. The van der Waals surface area contributed by atoms with Crippen LogP contribution in [-0.4, -0.2) is 35.5 Å². The van der Waals surface area contributed by atoms with Crippen molar-refractivity contribution in [2.75, 3.05) is 18.4 Å². The lowest BCUT2D eigenvalue weighted by molar-refractivity contribution is 0.262. The van der Waals surface area contributed by atoms with Gasteiger partial charge in [-0.25, -0.2) is 0 Å². The number of aliphatic hydroxyl groups excluding tert-OH is 1. The molecule has 2 unspecified atom stereocenters. The van der Waals surface area contributed by atoms with Gasteiger partial charge >= 0.3 is 0 Å². The van der Waals surface area contributed by atoms with E-state index in [0.717, 1.165) is 41.8 Å².